The van der Waals surface area contributed by atoms with Crippen molar-refractivity contribution in [1.29, 1.82) is 0 Å². The second-order valence-electron chi connectivity index (χ2n) is 7.05. The van der Waals surface area contributed by atoms with Gasteiger partial charge < -0.3 is 15.0 Å². The quantitative estimate of drug-likeness (QED) is 0.750. The summed E-state index contributed by atoms with van der Waals surface area (Å²) in [6.07, 6.45) is 2.86. The molecule has 6 heteroatoms. The van der Waals surface area contributed by atoms with E-state index in [4.69, 9.17) is 9.72 Å². The molecule has 0 bridgehead atoms. The summed E-state index contributed by atoms with van der Waals surface area (Å²) >= 11 is 1.74. The van der Waals surface area contributed by atoms with Crippen molar-refractivity contribution in [2.24, 2.45) is 5.92 Å². The minimum atomic E-state index is 0.0469. The van der Waals surface area contributed by atoms with Crippen molar-refractivity contribution in [3.63, 3.8) is 0 Å². The minimum absolute atomic E-state index is 0.0469. The maximum atomic E-state index is 12.5. The van der Waals surface area contributed by atoms with Crippen molar-refractivity contribution < 1.29 is 9.53 Å². The molecule has 1 aliphatic heterocycles. The van der Waals surface area contributed by atoms with Crippen LogP contribution < -0.4 is 10.2 Å². The van der Waals surface area contributed by atoms with E-state index < -0.39 is 0 Å². The molecule has 1 N–H and O–H groups in total. The van der Waals surface area contributed by atoms with Crippen molar-refractivity contribution in [3.8, 4) is 0 Å². The molecule has 1 aromatic carbocycles. The number of benzene rings is 1. The number of nitrogens with zero attached hydrogens (tertiary/aromatic N) is 2. The highest BCUT2D eigenvalue weighted by atomic mass is 32.1. The molecule has 1 aliphatic rings. The van der Waals surface area contributed by atoms with Gasteiger partial charge in [0.2, 0.25) is 5.91 Å². The normalized spacial score (nSPS) is 17.7. The average molecular weight is 376 g/mol. The lowest BCUT2D eigenvalue weighted by atomic mass is 9.97. The number of hydrogen-bond acceptors (Lipinski definition) is 5. The number of nitrogens with one attached hydrogen (secondary N) is 1. The maximum absolute atomic E-state index is 12.5. The number of aromatic nitrogens is 1. The predicted octanol–water partition coefficient (Wildman–Crippen LogP) is 3.67. The largest absolute Gasteiger partial charge is 0.382 e. The summed E-state index contributed by atoms with van der Waals surface area (Å²) in [5.41, 5.74) is 3.59. The fourth-order valence-corrected chi connectivity index (χ4v) is 4.71. The van der Waals surface area contributed by atoms with E-state index in [0.29, 0.717) is 13.2 Å². The molecule has 1 fully saturated rings. The summed E-state index contributed by atoms with van der Waals surface area (Å²) in [7, 11) is 0. The Balaban J connectivity index is 1.61. The van der Waals surface area contributed by atoms with Crippen molar-refractivity contribution >= 4 is 32.6 Å². The molecule has 0 saturated carbocycles. The van der Waals surface area contributed by atoms with Crippen LogP contribution in [0, 0.1) is 19.8 Å². The third kappa shape index (κ3) is 4.54. The Morgan fingerprint density at radius 3 is 3.08 bits per heavy atom. The van der Waals surface area contributed by atoms with E-state index in [9.17, 15) is 4.79 Å². The molecule has 2 aromatic rings. The first-order valence-corrected chi connectivity index (χ1v) is 10.4. The van der Waals surface area contributed by atoms with E-state index in [1.165, 1.54) is 15.8 Å². The molecule has 1 aromatic heterocycles. The number of carbonyl (C=O) groups excluding carboxylic acids is 1. The summed E-state index contributed by atoms with van der Waals surface area (Å²) in [6, 6.07) is 4.39. The monoisotopic (exact) mass is 375 g/mol. The number of amides is 1. The van der Waals surface area contributed by atoms with E-state index in [1.54, 1.807) is 11.3 Å². The summed E-state index contributed by atoms with van der Waals surface area (Å²) in [5.74, 6) is 0.213. The predicted molar refractivity (Wildman–Crippen MR) is 108 cm³/mol. The van der Waals surface area contributed by atoms with Gasteiger partial charge in [-0.25, -0.2) is 4.98 Å². The molecule has 5 nitrogen and oxygen atoms in total. The Kier molecular flexibility index (Phi) is 6.48. The van der Waals surface area contributed by atoms with Gasteiger partial charge >= 0.3 is 0 Å². The van der Waals surface area contributed by atoms with Gasteiger partial charge in [0.25, 0.3) is 0 Å². The highest BCUT2D eigenvalue weighted by Gasteiger charge is 2.27. The number of aryl methyl sites for hydroxylation is 2. The van der Waals surface area contributed by atoms with E-state index in [-0.39, 0.29) is 11.8 Å². The highest BCUT2D eigenvalue weighted by Crippen LogP contribution is 2.33. The number of piperidine rings is 1. The molecule has 3 rings (SSSR count). The van der Waals surface area contributed by atoms with Crippen LogP contribution in [0.25, 0.3) is 10.2 Å². The van der Waals surface area contributed by atoms with Crippen LogP contribution in [-0.4, -0.2) is 43.7 Å². The van der Waals surface area contributed by atoms with Crippen molar-refractivity contribution in [1.82, 2.24) is 10.3 Å². The van der Waals surface area contributed by atoms with Crippen LogP contribution in [0.2, 0.25) is 0 Å². The molecule has 0 spiro atoms. The molecular weight excluding hydrogens is 346 g/mol. The van der Waals surface area contributed by atoms with Gasteiger partial charge in [0.15, 0.2) is 5.13 Å². The zero-order valence-corrected chi connectivity index (χ0v) is 16.8. The molecule has 0 radical (unpaired) electrons. The number of thiazole rings is 1. The lowest BCUT2D eigenvalue weighted by Crippen LogP contribution is -2.43. The van der Waals surface area contributed by atoms with Gasteiger partial charge in [-0.05, 0) is 57.2 Å². The molecule has 2 heterocycles. The Bertz CT molecular complexity index is 759. The van der Waals surface area contributed by atoms with Crippen LogP contribution in [0.3, 0.4) is 0 Å². The van der Waals surface area contributed by atoms with Crippen molar-refractivity contribution in [3.05, 3.63) is 23.3 Å². The second-order valence-corrected chi connectivity index (χ2v) is 8.06. The number of hydrogen-bond donors (Lipinski definition) is 1. The van der Waals surface area contributed by atoms with Gasteiger partial charge in [0, 0.05) is 32.8 Å². The van der Waals surface area contributed by atoms with Crippen LogP contribution in [-0.2, 0) is 9.53 Å². The topological polar surface area (TPSA) is 54.5 Å². The van der Waals surface area contributed by atoms with Crippen LogP contribution in [0.5, 0.6) is 0 Å². The van der Waals surface area contributed by atoms with Gasteiger partial charge in [0.05, 0.1) is 16.1 Å². The molecule has 142 valence electrons. The van der Waals surface area contributed by atoms with Gasteiger partial charge in [-0.3, -0.25) is 4.79 Å². The van der Waals surface area contributed by atoms with E-state index in [2.05, 4.69) is 36.2 Å². The zero-order chi connectivity index (χ0) is 18.5. The lowest BCUT2D eigenvalue weighted by molar-refractivity contribution is -0.125. The molecule has 1 atom stereocenters. The van der Waals surface area contributed by atoms with Crippen molar-refractivity contribution in [2.45, 2.75) is 40.0 Å². The average Bonchev–Trinajstić information content (AvgIpc) is 3.06. The first-order valence-electron chi connectivity index (χ1n) is 9.56. The first kappa shape index (κ1) is 19.1. The third-order valence-corrected chi connectivity index (χ3v) is 5.91. The van der Waals surface area contributed by atoms with Crippen LogP contribution in [0.4, 0.5) is 5.13 Å². The number of rotatable bonds is 7. The summed E-state index contributed by atoms with van der Waals surface area (Å²) in [6.45, 7) is 10.1. The van der Waals surface area contributed by atoms with E-state index in [1.807, 2.05) is 6.92 Å². The molecule has 1 unspecified atom stereocenters. The number of anilines is 1. The Morgan fingerprint density at radius 1 is 1.42 bits per heavy atom. The summed E-state index contributed by atoms with van der Waals surface area (Å²) in [5, 5.41) is 4.11. The van der Waals surface area contributed by atoms with Gasteiger partial charge in [-0.1, -0.05) is 17.4 Å². The Labute approximate surface area is 159 Å². The smallest absolute Gasteiger partial charge is 0.224 e. The number of ether oxygens (including phenoxy) is 1. The zero-order valence-electron chi connectivity index (χ0n) is 16.0. The minimum Gasteiger partial charge on any atom is -0.382 e. The summed E-state index contributed by atoms with van der Waals surface area (Å²) in [4.78, 5) is 19.6. The molecule has 0 aliphatic carbocycles. The first-order chi connectivity index (χ1) is 12.6. The Hall–Kier alpha value is -1.66. The van der Waals surface area contributed by atoms with Crippen molar-refractivity contribution in [2.75, 3.05) is 37.7 Å². The van der Waals surface area contributed by atoms with Gasteiger partial charge in [-0.2, -0.15) is 0 Å². The second kappa shape index (κ2) is 8.82. The standard InChI is InChI=1S/C20H29N3O2S/c1-4-25-10-6-8-21-19(24)16-7-5-9-23(13-16)20-22-18-15(3)11-14(2)12-17(18)26-20/h11-12,16H,4-10,13H2,1-3H3,(H,21,24). The maximum Gasteiger partial charge on any atom is 0.224 e. The Morgan fingerprint density at radius 2 is 2.27 bits per heavy atom. The highest BCUT2D eigenvalue weighted by molar-refractivity contribution is 7.22. The van der Waals surface area contributed by atoms with Gasteiger partial charge in [0.1, 0.15) is 0 Å². The van der Waals surface area contributed by atoms with Crippen LogP contribution >= 0.6 is 11.3 Å². The SMILES string of the molecule is CCOCCCNC(=O)C1CCCN(c2nc3c(C)cc(C)cc3s2)C1. The third-order valence-electron chi connectivity index (χ3n) is 4.85. The molecule has 26 heavy (non-hydrogen) atoms. The number of fused-ring (bicyclic) bond motifs is 1. The molecule has 1 saturated heterocycles. The summed E-state index contributed by atoms with van der Waals surface area (Å²) < 4.78 is 6.55. The van der Waals surface area contributed by atoms with Crippen LogP contribution in [0.1, 0.15) is 37.3 Å². The van der Waals surface area contributed by atoms with Crippen LogP contribution in [0.15, 0.2) is 12.1 Å². The molecular formula is C20H29N3O2S. The lowest BCUT2D eigenvalue weighted by Gasteiger charge is -2.31. The van der Waals surface area contributed by atoms with Gasteiger partial charge in [-0.15, -0.1) is 0 Å². The fraction of sp³-hybridized carbons (Fsp3) is 0.600. The number of carbonyl (C=O) groups is 1. The molecule has 1 amide bonds. The van der Waals surface area contributed by atoms with E-state index >= 15 is 0 Å². The fourth-order valence-electron chi connectivity index (χ4n) is 3.53. The van der Waals surface area contributed by atoms with E-state index in [0.717, 1.165) is 49.6 Å².